The normalized spacial score (nSPS) is 33.6. The minimum Gasteiger partial charge on any atom is -0.388 e. The number of aliphatic hydroxyl groups excluding tert-OH is 2. The number of hydrogen-bond acceptors (Lipinski definition) is 6. The first kappa shape index (κ1) is 20.1. The Balaban J connectivity index is 1.57. The van der Waals surface area contributed by atoms with E-state index in [-0.39, 0.29) is 13.2 Å². The van der Waals surface area contributed by atoms with Gasteiger partial charge in [0.05, 0.1) is 13.2 Å². The van der Waals surface area contributed by atoms with Crippen molar-refractivity contribution < 1.29 is 29.2 Å². The highest BCUT2D eigenvalue weighted by Crippen LogP contribution is 2.34. The minimum absolute atomic E-state index is 0.0606. The number of fused-ring (bicyclic) bond motifs is 2. The molecule has 8 heteroatoms. The Morgan fingerprint density at radius 3 is 1.79 bits per heavy atom. The molecule has 0 aliphatic carbocycles. The van der Waals surface area contributed by atoms with Gasteiger partial charge in [-0.2, -0.15) is 0 Å². The van der Waals surface area contributed by atoms with Crippen molar-refractivity contribution in [2.24, 2.45) is 0 Å². The smallest absolute Gasteiger partial charge is 0.184 e. The number of benzene rings is 2. The van der Waals surface area contributed by atoms with Crippen molar-refractivity contribution in [2.75, 3.05) is 13.2 Å². The lowest BCUT2D eigenvalue weighted by molar-refractivity contribution is -0.252. The van der Waals surface area contributed by atoms with E-state index < -0.39 is 37.0 Å². The molecular formula is C20H20Cl2O6. The molecule has 2 bridgehead atoms. The van der Waals surface area contributed by atoms with Crippen molar-refractivity contribution in [1.29, 1.82) is 0 Å². The zero-order valence-electron chi connectivity index (χ0n) is 14.8. The van der Waals surface area contributed by atoms with Gasteiger partial charge in [-0.15, -0.1) is 0 Å². The van der Waals surface area contributed by atoms with Gasteiger partial charge >= 0.3 is 0 Å². The van der Waals surface area contributed by atoms with Crippen LogP contribution in [-0.4, -0.2) is 47.8 Å². The topological polar surface area (TPSA) is 77.4 Å². The zero-order valence-corrected chi connectivity index (χ0v) is 16.3. The van der Waals surface area contributed by atoms with Crippen molar-refractivity contribution in [3.63, 3.8) is 0 Å². The first-order chi connectivity index (χ1) is 13.5. The molecule has 2 saturated heterocycles. The highest BCUT2D eigenvalue weighted by atomic mass is 35.5. The van der Waals surface area contributed by atoms with Gasteiger partial charge in [-0.25, -0.2) is 0 Å². The lowest BCUT2D eigenvalue weighted by Crippen LogP contribution is -2.50. The quantitative estimate of drug-likeness (QED) is 0.767. The molecule has 6 atom stereocenters. The van der Waals surface area contributed by atoms with Gasteiger partial charge < -0.3 is 29.2 Å². The number of halogens is 2. The maximum absolute atomic E-state index is 10.8. The number of aliphatic hydroxyl groups is 2. The molecule has 150 valence electrons. The van der Waals surface area contributed by atoms with Gasteiger partial charge in [-0.1, -0.05) is 47.5 Å². The van der Waals surface area contributed by atoms with E-state index in [4.69, 9.17) is 42.1 Å². The van der Waals surface area contributed by atoms with Gasteiger partial charge in [-0.3, -0.25) is 0 Å². The first-order valence-electron chi connectivity index (χ1n) is 8.92. The molecule has 0 radical (unpaired) electrons. The van der Waals surface area contributed by atoms with Crippen molar-refractivity contribution in [1.82, 2.24) is 0 Å². The predicted molar refractivity (Wildman–Crippen MR) is 102 cm³/mol. The van der Waals surface area contributed by atoms with Gasteiger partial charge in [0.2, 0.25) is 0 Å². The first-order valence-corrected chi connectivity index (χ1v) is 9.68. The van der Waals surface area contributed by atoms with Gasteiger partial charge in [0.15, 0.2) is 12.6 Å². The highest BCUT2D eigenvalue weighted by molar-refractivity contribution is 6.30. The van der Waals surface area contributed by atoms with E-state index in [1.807, 2.05) is 0 Å². The summed E-state index contributed by atoms with van der Waals surface area (Å²) in [5.41, 5.74) is 1.45. The standard InChI is InChI=1S/C20H20Cl2O6/c21-13-5-1-11(2-6-13)19-25-9-15(23)18-17(24)16(27-19)10-26-20(28-18)12-3-7-14(22)8-4-12/h1-8,15-20,23-24H,9-10H2/t15-,16+,17-,18-,19?,20?/m1/s1. The zero-order chi connectivity index (χ0) is 19.7. The van der Waals surface area contributed by atoms with Crippen LogP contribution in [0.4, 0.5) is 0 Å². The van der Waals surface area contributed by atoms with Crippen molar-refractivity contribution in [2.45, 2.75) is 37.0 Å². The SMILES string of the molecule is O[C@H]1[C@@H]2OC(c3ccc(Cl)cc3)OC[C@@H]1OC(c1ccc(Cl)cc1)OC[C@H]2O. The fourth-order valence-corrected chi connectivity index (χ4v) is 3.51. The van der Waals surface area contributed by atoms with E-state index in [2.05, 4.69) is 0 Å². The van der Waals surface area contributed by atoms with E-state index >= 15 is 0 Å². The summed E-state index contributed by atoms with van der Waals surface area (Å²) < 4.78 is 23.4. The molecule has 6 nitrogen and oxygen atoms in total. The minimum atomic E-state index is -1.09. The molecule has 2 aromatic carbocycles. The maximum Gasteiger partial charge on any atom is 0.184 e. The van der Waals surface area contributed by atoms with Gasteiger partial charge in [-0.05, 0) is 24.3 Å². The summed E-state index contributed by atoms with van der Waals surface area (Å²) in [6.07, 6.45) is -5.38. The second-order valence-corrected chi connectivity index (χ2v) is 7.64. The van der Waals surface area contributed by atoms with Crippen LogP contribution in [0.25, 0.3) is 0 Å². The fourth-order valence-electron chi connectivity index (χ4n) is 3.26. The average Bonchev–Trinajstić information content (AvgIpc) is 2.87. The molecule has 0 spiro atoms. The molecule has 2 aliphatic rings. The molecule has 2 aliphatic heterocycles. The molecule has 2 unspecified atom stereocenters. The highest BCUT2D eigenvalue weighted by Gasteiger charge is 2.43. The molecule has 2 aromatic rings. The third-order valence-electron chi connectivity index (χ3n) is 4.79. The van der Waals surface area contributed by atoms with E-state index in [9.17, 15) is 10.2 Å². The molecule has 0 saturated carbocycles. The lowest BCUT2D eigenvalue weighted by atomic mass is 10.0. The molecule has 2 fully saturated rings. The van der Waals surface area contributed by atoms with E-state index in [1.165, 1.54) is 0 Å². The summed E-state index contributed by atoms with van der Waals surface area (Å²) >= 11 is 11.9. The van der Waals surface area contributed by atoms with E-state index in [0.29, 0.717) is 10.0 Å². The van der Waals surface area contributed by atoms with Crippen LogP contribution in [0, 0.1) is 0 Å². The monoisotopic (exact) mass is 426 g/mol. The molecule has 4 rings (SSSR count). The Labute approximate surface area is 172 Å². The molecule has 2 heterocycles. The molecule has 0 aromatic heterocycles. The maximum atomic E-state index is 10.8. The number of hydrogen-bond donors (Lipinski definition) is 2. The van der Waals surface area contributed by atoms with Crippen LogP contribution in [0.5, 0.6) is 0 Å². The Morgan fingerprint density at radius 2 is 1.21 bits per heavy atom. The van der Waals surface area contributed by atoms with E-state index in [0.717, 1.165) is 11.1 Å². The van der Waals surface area contributed by atoms with Gasteiger partial charge in [0.1, 0.15) is 24.4 Å². The largest absolute Gasteiger partial charge is 0.388 e. The van der Waals surface area contributed by atoms with Crippen LogP contribution < -0.4 is 0 Å². The van der Waals surface area contributed by atoms with Crippen LogP contribution in [0.1, 0.15) is 23.7 Å². The van der Waals surface area contributed by atoms with Crippen LogP contribution in [0.15, 0.2) is 48.5 Å². The third-order valence-corrected chi connectivity index (χ3v) is 5.29. The lowest BCUT2D eigenvalue weighted by Gasteiger charge is -2.35. The number of ether oxygens (including phenoxy) is 4. The number of rotatable bonds is 2. The summed E-state index contributed by atoms with van der Waals surface area (Å²) in [5, 5.41) is 22.5. The second kappa shape index (κ2) is 8.65. The Bertz CT molecular complexity index is 741. The molecule has 0 amide bonds. The Kier molecular flexibility index (Phi) is 6.20. The van der Waals surface area contributed by atoms with Crippen LogP contribution >= 0.6 is 23.2 Å². The van der Waals surface area contributed by atoms with Crippen LogP contribution in [-0.2, 0) is 18.9 Å². The van der Waals surface area contributed by atoms with Crippen LogP contribution in [0.3, 0.4) is 0 Å². The summed E-state index contributed by atoms with van der Waals surface area (Å²) in [6, 6.07) is 14.0. The average molecular weight is 427 g/mol. The van der Waals surface area contributed by atoms with Gasteiger partial charge in [0, 0.05) is 21.2 Å². The third kappa shape index (κ3) is 4.35. The van der Waals surface area contributed by atoms with Crippen LogP contribution in [0.2, 0.25) is 10.0 Å². The van der Waals surface area contributed by atoms with Crippen molar-refractivity contribution >= 4 is 23.2 Å². The molecule has 2 N–H and O–H groups in total. The predicted octanol–water partition coefficient (Wildman–Crippen LogP) is 3.24. The summed E-state index contributed by atoms with van der Waals surface area (Å²) in [5.74, 6) is 0. The van der Waals surface area contributed by atoms with Crippen molar-refractivity contribution in [3.05, 3.63) is 69.7 Å². The summed E-state index contributed by atoms with van der Waals surface area (Å²) in [6.45, 7) is -0.0137. The summed E-state index contributed by atoms with van der Waals surface area (Å²) in [7, 11) is 0. The van der Waals surface area contributed by atoms with Gasteiger partial charge in [0.25, 0.3) is 0 Å². The summed E-state index contributed by atoms with van der Waals surface area (Å²) in [4.78, 5) is 0. The molecule has 28 heavy (non-hydrogen) atoms. The van der Waals surface area contributed by atoms with E-state index in [1.54, 1.807) is 48.5 Å². The molecular weight excluding hydrogens is 407 g/mol. The van der Waals surface area contributed by atoms with Crippen molar-refractivity contribution in [3.8, 4) is 0 Å². The Morgan fingerprint density at radius 1 is 0.714 bits per heavy atom. The fraction of sp³-hybridized carbons (Fsp3) is 0.400. The Hall–Kier alpha value is -1.22. The second-order valence-electron chi connectivity index (χ2n) is 6.77.